The van der Waals surface area contributed by atoms with Crippen LogP contribution in [0.5, 0.6) is 0 Å². The molecule has 2 aromatic rings. The van der Waals surface area contributed by atoms with Crippen LogP contribution in [0.4, 0.5) is 5.82 Å². The summed E-state index contributed by atoms with van der Waals surface area (Å²) in [5, 5.41) is 3.38. The van der Waals surface area contributed by atoms with Gasteiger partial charge in [-0.05, 0) is 6.42 Å². The van der Waals surface area contributed by atoms with Crippen molar-refractivity contribution >= 4 is 27.8 Å². The molecule has 0 amide bonds. The normalized spacial score (nSPS) is 14.7. The highest BCUT2D eigenvalue weighted by Gasteiger charge is 2.08. The van der Waals surface area contributed by atoms with Crippen molar-refractivity contribution in [3.63, 3.8) is 0 Å². The van der Waals surface area contributed by atoms with Crippen LogP contribution in [0.25, 0.3) is 11.2 Å². The summed E-state index contributed by atoms with van der Waals surface area (Å²) in [4.78, 5) is 15.2. The largest absolute Gasteiger partial charge is 0.368 e. The van der Waals surface area contributed by atoms with Gasteiger partial charge in [0, 0.05) is 28.9 Å². The molecule has 2 heterocycles. The minimum atomic E-state index is -0.780. The van der Waals surface area contributed by atoms with Gasteiger partial charge in [-0.25, -0.2) is 15.0 Å². The number of nitrogens with zero attached hydrogens (tertiary/aromatic N) is 3. The molecule has 2 rings (SSSR count). The number of nitrogens with one attached hydrogen (secondary N) is 2. The summed E-state index contributed by atoms with van der Waals surface area (Å²) in [6.07, 6.45) is 5.63. The van der Waals surface area contributed by atoms with Crippen LogP contribution in [0.3, 0.4) is 0 Å². The van der Waals surface area contributed by atoms with Gasteiger partial charge in [0.2, 0.25) is 0 Å². The Morgan fingerprint density at radius 2 is 2.29 bits per heavy atom. The molecule has 2 N–H and O–H groups in total. The summed E-state index contributed by atoms with van der Waals surface area (Å²) in [5.41, 5.74) is 1.45. The number of anilines is 1. The van der Waals surface area contributed by atoms with Crippen molar-refractivity contribution in [3.05, 3.63) is 12.7 Å². The molecule has 6 nitrogen and oxygen atoms in total. The Labute approximate surface area is 102 Å². The lowest BCUT2D eigenvalue weighted by atomic mass is 10.3. The molecular formula is C10H15N5OS. The molecule has 0 fully saturated rings. The quantitative estimate of drug-likeness (QED) is 0.828. The van der Waals surface area contributed by atoms with Crippen LogP contribution in [-0.2, 0) is 10.8 Å². The molecule has 0 aromatic carbocycles. The second-order valence-corrected chi connectivity index (χ2v) is 5.65. The molecule has 0 saturated heterocycles. The van der Waals surface area contributed by atoms with Gasteiger partial charge in [0.25, 0.3) is 0 Å². The predicted molar refractivity (Wildman–Crippen MR) is 68.3 cm³/mol. The molecule has 7 heteroatoms. The van der Waals surface area contributed by atoms with Gasteiger partial charge in [-0.15, -0.1) is 0 Å². The average Bonchev–Trinajstić information content (AvgIpc) is 2.77. The van der Waals surface area contributed by atoms with Crippen LogP contribution in [0.15, 0.2) is 12.7 Å². The summed E-state index contributed by atoms with van der Waals surface area (Å²) in [6, 6.07) is 0. The van der Waals surface area contributed by atoms with Gasteiger partial charge in [0.15, 0.2) is 11.5 Å². The highest BCUT2D eigenvalue weighted by atomic mass is 32.2. The van der Waals surface area contributed by atoms with Crippen molar-refractivity contribution in [2.75, 3.05) is 18.1 Å². The minimum Gasteiger partial charge on any atom is -0.368 e. The maximum atomic E-state index is 11.2. The summed E-state index contributed by atoms with van der Waals surface area (Å²) in [5.74, 6) is 0.738. The monoisotopic (exact) mass is 253 g/mol. The first-order valence-electron chi connectivity index (χ1n) is 5.38. The molecule has 0 bridgehead atoms. The van der Waals surface area contributed by atoms with Gasteiger partial charge in [-0.2, -0.15) is 0 Å². The van der Waals surface area contributed by atoms with E-state index in [-0.39, 0.29) is 5.25 Å². The lowest BCUT2D eigenvalue weighted by molar-refractivity contribution is 0.672. The van der Waals surface area contributed by atoms with Crippen LogP contribution in [-0.4, -0.2) is 42.2 Å². The number of H-pyrrole nitrogens is 1. The zero-order valence-corrected chi connectivity index (χ0v) is 10.6. The smallest absolute Gasteiger partial charge is 0.182 e. The van der Waals surface area contributed by atoms with Crippen LogP contribution in [0, 0.1) is 0 Å². The molecular weight excluding hydrogens is 238 g/mol. The van der Waals surface area contributed by atoms with E-state index in [0.29, 0.717) is 5.65 Å². The standard InChI is InChI=1S/C10H15N5OS/c1-7(17(2)16)3-4-11-9-8-10(13-5-12-8)15-6-14-9/h5-7H,3-4H2,1-2H3,(H2,11,12,13,14,15). The van der Waals surface area contributed by atoms with E-state index >= 15 is 0 Å². The Morgan fingerprint density at radius 3 is 3.06 bits per heavy atom. The van der Waals surface area contributed by atoms with E-state index < -0.39 is 10.8 Å². The van der Waals surface area contributed by atoms with Gasteiger partial charge >= 0.3 is 0 Å². The molecule has 2 atom stereocenters. The highest BCUT2D eigenvalue weighted by molar-refractivity contribution is 7.84. The van der Waals surface area contributed by atoms with E-state index in [1.807, 2.05) is 6.92 Å². The highest BCUT2D eigenvalue weighted by Crippen LogP contribution is 2.14. The maximum Gasteiger partial charge on any atom is 0.182 e. The average molecular weight is 253 g/mol. The van der Waals surface area contributed by atoms with E-state index in [2.05, 4.69) is 25.3 Å². The Bertz CT molecular complexity index is 526. The second-order valence-electron chi connectivity index (χ2n) is 3.85. The summed E-state index contributed by atoms with van der Waals surface area (Å²) < 4.78 is 11.2. The van der Waals surface area contributed by atoms with Crippen LogP contribution < -0.4 is 5.32 Å². The Balaban J connectivity index is 1.99. The molecule has 0 aliphatic carbocycles. The van der Waals surface area contributed by atoms with Crippen molar-refractivity contribution in [1.29, 1.82) is 0 Å². The fourth-order valence-electron chi connectivity index (χ4n) is 1.46. The second kappa shape index (κ2) is 5.22. The summed E-state index contributed by atoms with van der Waals surface area (Å²) in [7, 11) is -0.780. The molecule has 0 saturated carbocycles. The number of hydrogen-bond donors (Lipinski definition) is 2. The minimum absolute atomic E-state index is 0.182. The topological polar surface area (TPSA) is 83.6 Å². The van der Waals surface area contributed by atoms with Crippen molar-refractivity contribution in [2.24, 2.45) is 0 Å². The molecule has 0 aliphatic heterocycles. The first-order chi connectivity index (χ1) is 8.18. The lowest BCUT2D eigenvalue weighted by Gasteiger charge is -2.09. The Kier molecular flexibility index (Phi) is 3.68. The van der Waals surface area contributed by atoms with Gasteiger partial charge in [0.1, 0.15) is 11.8 Å². The third kappa shape index (κ3) is 2.79. The van der Waals surface area contributed by atoms with E-state index in [1.165, 1.54) is 6.33 Å². The third-order valence-electron chi connectivity index (χ3n) is 2.63. The molecule has 0 aliphatic rings. The van der Waals surface area contributed by atoms with Crippen LogP contribution in [0.2, 0.25) is 0 Å². The van der Waals surface area contributed by atoms with E-state index in [0.717, 1.165) is 24.3 Å². The zero-order valence-electron chi connectivity index (χ0n) is 9.80. The van der Waals surface area contributed by atoms with Crippen LogP contribution >= 0.6 is 0 Å². The van der Waals surface area contributed by atoms with E-state index in [1.54, 1.807) is 12.6 Å². The van der Waals surface area contributed by atoms with Gasteiger partial charge in [-0.1, -0.05) is 6.92 Å². The van der Waals surface area contributed by atoms with E-state index in [9.17, 15) is 4.21 Å². The number of aromatic amines is 1. The fourth-order valence-corrected chi connectivity index (χ4v) is 1.91. The lowest BCUT2D eigenvalue weighted by Crippen LogP contribution is -2.15. The van der Waals surface area contributed by atoms with Crippen molar-refractivity contribution in [2.45, 2.75) is 18.6 Å². The zero-order chi connectivity index (χ0) is 12.3. The third-order valence-corrected chi connectivity index (χ3v) is 4.00. The van der Waals surface area contributed by atoms with E-state index in [4.69, 9.17) is 0 Å². The number of aromatic nitrogens is 4. The molecule has 0 radical (unpaired) electrons. The molecule has 2 aromatic heterocycles. The molecule has 2 unspecified atom stereocenters. The predicted octanol–water partition coefficient (Wildman–Crippen LogP) is 0.922. The first-order valence-corrected chi connectivity index (χ1v) is 7.01. The SMILES string of the molecule is CC(CCNc1ncnc2nc[nH]c12)S(C)=O. The number of hydrogen-bond acceptors (Lipinski definition) is 5. The summed E-state index contributed by atoms with van der Waals surface area (Å²) in [6.45, 7) is 2.70. The molecule has 0 spiro atoms. The van der Waals surface area contributed by atoms with Crippen LogP contribution in [0.1, 0.15) is 13.3 Å². The number of fused-ring (bicyclic) bond motifs is 1. The molecule has 92 valence electrons. The fraction of sp³-hybridized carbons (Fsp3) is 0.500. The van der Waals surface area contributed by atoms with Gasteiger partial charge < -0.3 is 10.3 Å². The Morgan fingerprint density at radius 1 is 1.47 bits per heavy atom. The van der Waals surface area contributed by atoms with Crippen molar-refractivity contribution in [1.82, 2.24) is 19.9 Å². The number of rotatable bonds is 5. The van der Waals surface area contributed by atoms with Gasteiger partial charge in [-0.3, -0.25) is 4.21 Å². The molecule has 17 heavy (non-hydrogen) atoms. The number of imidazole rings is 1. The Hall–Kier alpha value is -1.50. The maximum absolute atomic E-state index is 11.2. The van der Waals surface area contributed by atoms with Crippen molar-refractivity contribution in [3.8, 4) is 0 Å². The summed E-state index contributed by atoms with van der Waals surface area (Å²) >= 11 is 0. The van der Waals surface area contributed by atoms with Crippen molar-refractivity contribution < 1.29 is 4.21 Å². The first kappa shape index (κ1) is 12.0. The van der Waals surface area contributed by atoms with Gasteiger partial charge in [0.05, 0.1) is 6.33 Å².